The molecule has 0 fully saturated rings. The zero-order valence-corrected chi connectivity index (χ0v) is 31.1. The lowest BCUT2D eigenvalue weighted by atomic mass is 9.88. The average Bonchev–Trinajstić information content (AvgIpc) is 3.07. The Balaban J connectivity index is 1.81. The van der Waals surface area contributed by atoms with Gasteiger partial charge < -0.3 is 30.5 Å². The third-order valence-electron chi connectivity index (χ3n) is 8.54. The van der Waals surface area contributed by atoms with Gasteiger partial charge in [0.1, 0.15) is 18.0 Å². The van der Waals surface area contributed by atoms with Crippen LogP contribution in [0.1, 0.15) is 81.2 Å². The Morgan fingerprint density at radius 1 is 0.769 bits per heavy atom. The number of alkyl carbamates (subject to hydrolysis) is 2. The number of nitrogens with one attached hydrogen (secondary N) is 3. The molecule has 3 atom stereocenters. The maximum atomic E-state index is 14.1. The van der Waals surface area contributed by atoms with Crippen LogP contribution in [0, 0.1) is 19.8 Å². The van der Waals surface area contributed by atoms with Gasteiger partial charge in [-0.15, -0.1) is 0 Å². The predicted octanol–water partition coefficient (Wildman–Crippen LogP) is 6.43. The molecule has 0 bridgehead atoms. The molecule has 3 aromatic carbocycles. The van der Waals surface area contributed by atoms with Crippen molar-refractivity contribution in [2.24, 2.45) is 5.92 Å². The van der Waals surface area contributed by atoms with Crippen LogP contribution in [0.2, 0.25) is 0 Å². The second-order valence-corrected chi connectivity index (χ2v) is 14.2. The first kappa shape index (κ1) is 41.2. The van der Waals surface area contributed by atoms with E-state index in [1.807, 2.05) is 74.5 Å². The Kier molecular flexibility index (Phi) is 15.9. The van der Waals surface area contributed by atoms with Gasteiger partial charge in [-0.05, 0) is 101 Å². The summed E-state index contributed by atoms with van der Waals surface area (Å²) in [4.78, 5) is 65.9. The third-order valence-corrected chi connectivity index (χ3v) is 8.54. The van der Waals surface area contributed by atoms with Crippen LogP contribution < -0.4 is 16.0 Å². The molecule has 0 aromatic heterocycles. The monoisotopic (exact) mass is 715 g/mol. The summed E-state index contributed by atoms with van der Waals surface area (Å²) in [6, 6.07) is 19.8. The molecule has 0 aliphatic rings. The van der Waals surface area contributed by atoms with E-state index in [1.54, 1.807) is 32.9 Å². The lowest BCUT2D eigenvalue weighted by Gasteiger charge is -2.24. The Morgan fingerprint density at radius 2 is 1.37 bits per heavy atom. The largest absolute Gasteiger partial charge is 0.508 e. The number of hydrogen-bond donors (Lipinski definition) is 4. The van der Waals surface area contributed by atoms with Crippen molar-refractivity contribution in [1.29, 1.82) is 0 Å². The van der Waals surface area contributed by atoms with E-state index in [-0.39, 0.29) is 37.4 Å². The van der Waals surface area contributed by atoms with E-state index in [2.05, 4.69) is 16.0 Å². The van der Waals surface area contributed by atoms with Crippen LogP contribution in [-0.2, 0) is 43.3 Å². The number of hydrogen-bond acceptors (Lipinski definition) is 8. The van der Waals surface area contributed by atoms with Gasteiger partial charge in [0.25, 0.3) is 0 Å². The SMILES string of the molecule is CC(=O)C(Cc1ccccc1)NC(=O)C(CCCCNC(=O)OC(C)(C)C)CC(=O)C(Cc1c(C)cc(O)cc1C)NC(=O)OCc1ccccc1. The number of carbonyl (C=O) groups is 5. The molecule has 0 saturated heterocycles. The van der Waals surface area contributed by atoms with Crippen molar-refractivity contribution in [3.05, 3.63) is 101 Å². The van der Waals surface area contributed by atoms with Crippen LogP contribution >= 0.6 is 0 Å². The minimum atomic E-state index is -1.05. The molecule has 4 N–H and O–H groups in total. The quantitative estimate of drug-likeness (QED) is 0.110. The first-order valence-electron chi connectivity index (χ1n) is 17.7. The van der Waals surface area contributed by atoms with E-state index in [9.17, 15) is 29.1 Å². The summed E-state index contributed by atoms with van der Waals surface area (Å²) in [6.45, 7) is 10.7. The van der Waals surface area contributed by atoms with E-state index in [1.165, 1.54) is 6.92 Å². The zero-order chi connectivity index (χ0) is 38.3. The van der Waals surface area contributed by atoms with E-state index in [0.29, 0.717) is 25.8 Å². The molecular weight excluding hydrogens is 662 g/mol. The lowest BCUT2D eigenvalue weighted by molar-refractivity contribution is -0.132. The Labute approximate surface area is 306 Å². The number of rotatable bonds is 18. The van der Waals surface area contributed by atoms with Crippen LogP contribution in [0.4, 0.5) is 9.59 Å². The molecular formula is C41H53N3O8. The summed E-state index contributed by atoms with van der Waals surface area (Å²) in [5.74, 6) is -1.81. The Morgan fingerprint density at radius 3 is 1.94 bits per heavy atom. The summed E-state index contributed by atoms with van der Waals surface area (Å²) >= 11 is 0. The van der Waals surface area contributed by atoms with Gasteiger partial charge in [0.05, 0.1) is 12.1 Å². The number of unbranched alkanes of at least 4 members (excludes halogenated alkanes) is 1. The average molecular weight is 716 g/mol. The number of phenols is 1. The van der Waals surface area contributed by atoms with Gasteiger partial charge in [0.15, 0.2) is 11.6 Å². The van der Waals surface area contributed by atoms with Crippen molar-refractivity contribution in [2.45, 2.75) is 104 Å². The van der Waals surface area contributed by atoms with Crippen molar-refractivity contribution in [3.63, 3.8) is 0 Å². The highest BCUT2D eigenvalue weighted by Crippen LogP contribution is 2.24. The van der Waals surface area contributed by atoms with Crippen molar-refractivity contribution < 1.29 is 38.6 Å². The number of amides is 3. The first-order chi connectivity index (χ1) is 24.6. The van der Waals surface area contributed by atoms with E-state index < -0.39 is 47.5 Å². The molecule has 3 unspecified atom stereocenters. The molecule has 0 aliphatic heterocycles. The third kappa shape index (κ3) is 14.6. The first-order valence-corrected chi connectivity index (χ1v) is 17.7. The topological polar surface area (TPSA) is 160 Å². The highest BCUT2D eigenvalue weighted by Gasteiger charge is 2.31. The Bertz CT molecular complexity index is 1630. The molecule has 0 saturated carbocycles. The van der Waals surface area contributed by atoms with Crippen molar-refractivity contribution in [2.75, 3.05) is 6.54 Å². The summed E-state index contributed by atoms with van der Waals surface area (Å²) in [6.07, 6.45) is 0.122. The number of phenolic OH excluding ortho intramolecular Hbond substituents is 1. The number of aryl methyl sites for hydroxylation is 2. The molecule has 0 aliphatic carbocycles. The predicted molar refractivity (Wildman–Crippen MR) is 199 cm³/mol. The molecule has 0 radical (unpaired) electrons. The van der Waals surface area contributed by atoms with Gasteiger partial charge in [0.2, 0.25) is 5.91 Å². The van der Waals surface area contributed by atoms with Gasteiger partial charge in [-0.3, -0.25) is 14.4 Å². The molecule has 11 heteroatoms. The van der Waals surface area contributed by atoms with Gasteiger partial charge in [-0.1, -0.05) is 67.1 Å². The summed E-state index contributed by atoms with van der Waals surface area (Å²) in [7, 11) is 0. The van der Waals surface area contributed by atoms with Crippen molar-refractivity contribution in [1.82, 2.24) is 16.0 Å². The van der Waals surface area contributed by atoms with E-state index in [0.717, 1.165) is 27.8 Å². The smallest absolute Gasteiger partial charge is 0.408 e. The van der Waals surface area contributed by atoms with Crippen LogP contribution in [0.15, 0.2) is 72.8 Å². The molecule has 3 amide bonds. The molecule has 3 rings (SSSR count). The highest BCUT2D eigenvalue weighted by atomic mass is 16.6. The zero-order valence-electron chi connectivity index (χ0n) is 31.1. The summed E-state index contributed by atoms with van der Waals surface area (Å²) in [5.41, 5.74) is 3.27. The molecule has 0 heterocycles. The van der Waals surface area contributed by atoms with Crippen LogP contribution in [0.25, 0.3) is 0 Å². The molecule has 280 valence electrons. The second-order valence-electron chi connectivity index (χ2n) is 14.2. The van der Waals surface area contributed by atoms with Crippen LogP contribution in [-0.4, -0.2) is 59.0 Å². The number of carbonyl (C=O) groups excluding carboxylic acids is 5. The van der Waals surface area contributed by atoms with E-state index >= 15 is 0 Å². The standard InChI is InChI=1S/C41H53N3O8/c1-27-21-33(46)22-28(2)34(27)25-36(44-40(50)51-26-31-17-11-8-12-18-31)37(47)24-32(19-13-14-20-42-39(49)52-41(4,5)6)38(48)43-35(29(3)45)23-30-15-9-7-10-16-30/h7-12,15-18,21-22,32,35-36,46H,13-14,19-20,23-26H2,1-6H3,(H,42,49)(H,43,48)(H,44,50). The highest BCUT2D eigenvalue weighted by molar-refractivity contribution is 5.93. The number of ether oxygens (including phenoxy) is 2. The van der Waals surface area contributed by atoms with Gasteiger partial charge in [-0.25, -0.2) is 9.59 Å². The maximum Gasteiger partial charge on any atom is 0.408 e. The fourth-order valence-corrected chi connectivity index (χ4v) is 5.82. The number of aromatic hydroxyl groups is 1. The Hall–Kier alpha value is -5.19. The second kappa shape index (κ2) is 20.0. The van der Waals surface area contributed by atoms with Gasteiger partial charge >= 0.3 is 12.2 Å². The minimum Gasteiger partial charge on any atom is -0.508 e. The molecule has 3 aromatic rings. The van der Waals surface area contributed by atoms with Crippen LogP contribution in [0.3, 0.4) is 0 Å². The maximum absolute atomic E-state index is 14.1. The van der Waals surface area contributed by atoms with Crippen molar-refractivity contribution >= 4 is 29.7 Å². The fraction of sp³-hybridized carbons (Fsp3) is 0.439. The normalized spacial score (nSPS) is 12.9. The minimum absolute atomic E-state index is 0.00105. The molecule has 11 nitrogen and oxygen atoms in total. The van der Waals surface area contributed by atoms with Gasteiger partial charge in [0, 0.05) is 25.3 Å². The van der Waals surface area contributed by atoms with Crippen LogP contribution in [0.5, 0.6) is 5.75 Å². The van der Waals surface area contributed by atoms with Crippen molar-refractivity contribution in [3.8, 4) is 5.75 Å². The lowest BCUT2D eigenvalue weighted by Crippen LogP contribution is -2.47. The summed E-state index contributed by atoms with van der Waals surface area (Å²) in [5, 5.41) is 18.4. The number of benzene rings is 3. The summed E-state index contributed by atoms with van der Waals surface area (Å²) < 4.78 is 10.7. The molecule has 0 spiro atoms. The number of ketones is 2. The molecule has 52 heavy (non-hydrogen) atoms. The fourth-order valence-electron chi connectivity index (χ4n) is 5.82. The number of Topliss-reactive ketones (excluding diaryl/α,β-unsaturated/α-hetero) is 2. The van der Waals surface area contributed by atoms with Gasteiger partial charge in [-0.2, -0.15) is 0 Å². The van der Waals surface area contributed by atoms with E-state index in [4.69, 9.17) is 9.47 Å².